The van der Waals surface area contributed by atoms with E-state index in [1.807, 2.05) is 12.1 Å². The van der Waals surface area contributed by atoms with Crippen molar-refractivity contribution in [3.05, 3.63) is 48.5 Å². The van der Waals surface area contributed by atoms with Crippen molar-refractivity contribution in [2.24, 2.45) is 0 Å². The van der Waals surface area contributed by atoms with Crippen molar-refractivity contribution in [3.63, 3.8) is 0 Å². The van der Waals surface area contributed by atoms with E-state index in [4.69, 9.17) is 4.74 Å². The molecule has 0 radical (unpaired) electrons. The van der Waals surface area contributed by atoms with Gasteiger partial charge in [0.25, 0.3) is 10.0 Å². The van der Waals surface area contributed by atoms with E-state index in [2.05, 4.69) is 23.5 Å². The fourth-order valence-electron chi connectivity index (χ4n) is 2.62. The Kier molecular flexibility index (Phi) is 6.70. The fraction of sp³-hybridized carbons (Fsp3) is 0.368. The van der Waals surface area contributed by atoms with Gasteiger partial charge in [0.15, 0.2) is 0 Å². The summed E-state index contributed by atoms with van der Waals surface area (Å²) in [5.74, 6) is 0.621. The van der Waals surface area contributed by atoms with Crippen LogP contribution in [-0.2, 0) is 10.0 Å². The third-order valence-corrected chi connectivity index (χ3v) is 5.24. The van der Waals surface area contributed by atoms with Crippen molar-refractivity contribution in [3.8, 4) is 5.75 Å². The number of ether oxygens (including phenoxy) is 1. The third kappa shape index (κ3) is 5.13. The summed E-state index contributed by atoms with van der Waals surface area (Å²) in [6, 6.07) is 13.8. The van der Waals surface area contributed by atoms with Crippen molar-refractivity contribution < 1.29 is 13.2 Å². The zero-order chi connectivity index (χ0) is 18.3. The second kappa shape index (κ2) is 8.76. The van der Waals surface area contributed by atoms with E-state index in [9.17, 15) is 8.42 Å². The van der Waals surface area contributed by atoms with Crippen molar-refractivity contribution >= 4 is 21.4 Å². The van der Waals surface area contributed by atoms with Gasteiger partial charge in [-0.3, -0.25) is 4.72 Å². The first kappa shape index (κ1) is 19.1. The van der Waals surface area contributed by atoms with Crippen molar-refractivity contribution in [1.82, 2.24) is 0 Å². The van der Waals surface area contributed by atoms with Crippen LogP contribution < -0.4 is 14.4 Å². The van der Waals surface area contributed by atoms with Crippen molar-refractivity contribution in [1.29, 1.82) is 0 Å². The number of rotatable bonds is 9. The van der Waals surface area contributed by atoms with E-state index in [-0.39, 0.29) is 4.90 Å². The van der Waals surface area contributed by atoms with Crippen LogP contribution in [0.4, 0.5) is 11.4 Å². The highest BCUT2D eigenvalue weighted by molar-refractivity contribution is 7.92. The molecule has 0 saturated heterocycles. The Bertz CT molecular complexity index is 750. The van der Waals surface area contributed by atoms with Gasteiger partial charge in [-0.15, -0.1) is 0 Å². The molecule has 5 nitrogen and oxygen atoms in total. The molecule has 0 unspecified atom stereocenters. The zero-order valence-corrected chi connectivity index (χ0v) is 15.8. The van der Waals surface area contributed by atoms with Gasteiger partial charge in [-0.1, -0.05) is 13.8 Å². The fourth-order valence-corrected chi connectivity index (χ4v) is 3.68. The number of nitrogens with zero attached hydrogens (tertiary/aromatic N) is 1. The number of nitrogens with one attached hydrogen (secondary N) is 1. The molecule has 0 bridgehead atoms. The molecule has 0 saturated carbocycles. The Morgan fingerprint density at radius 1 is 0.920 bits per heavy atom. The molecule has 0 aliphatic rings. The molecular weight excluding hydrogens is 336 g/mol. The Hall–Kier alpha value is -2.21. The van der Waals surface area contributed by atoms with Gasteiger partial charge in [-0.2, -0.15) is 0 Å². The van der Waals surface area contributed by atoms with Crippen LogP contribution in [0.2, 0.25) is 0 Å². The number of hydrogen-bond acceptors (Lipinski definition) is 4. The summed E-state index contributed by atoms with van der Waals surface area (Å²) in [6.07, 6.45) is 2.15. The summed E-state index contributed by atoms with van der Waals surface area (Å²) in [5.41, 5.74) is 1.66. The van der Waals surface area contributed by atoms with Gasteiger partial charge >= 0.3 is 0 Å². The SMILES string of the molecule is CCCN(CCC)c1ccc(NS(=O)(=O)c2ccc(OC)cc2)cc1. The summed E-state index contributed by atoms with van der Waals surface area (Å²) in [4.78, 5) is 2.51. The summed E-state index contributed by atoms with van der Waals surface area (Å²) in [7, 11) is -2.07. The molecule has 0 spiro atoms. The average molecular weight is 362 g/mol. The predicted molar refractivity (Wildman–Crippen MR) is 103 cm³/mol. The molecule has 0 heterocycles. The van der Waals surface area contributed by atoms with E-state index >= 15 is 0 Å². The summed E-state index contributed by atoms with van der Waals surface area (Å²) in [5, 5.41) is 0. The van der Waals surface area contributed by atoms with Crippen LogP contribution in [0.25, 0.3) is 0 Å². The van der Waals surface area contributed by atoms with E-state index in [0.717, 1.165) is 31.6 Å². The first-order valence-corrected chi connectivity index (χ1v) is 10.0. The Morgan fingerprint density at radius 3 is 1.96 bits per heavy atom. The maximum absolute atomic E-state index is 12.5. The maximum atomic E-state index is 12.5. The highest BCUT2D eigenvalue weighted by Crippen LogP contribution is 2.22. The van der Waals surface area contributed by atoms with Crippen LogP contribution in [0, 0.1) is 0 Å². The highest BCUT2D eigenvalue weighted by atomic mass is 32.2. The molecule has 0 aliphatic carbocycles. The van der Waals surface area contributed by atoms with Crippen molar-refractivity contribution in [2.75, 3.05) is 29.8 Å². The molecule has 0 aliphatic heterocycles. The minimum atomic E-state index is -3.61. The lowest BCUT2D eigenvalue weighted by Crippen LogP contribution is -2.24. The molecule has 0 fully saturated rings. The summed E-state index contributed by atoms with van der Waals surface area (Å²) >= 11 is 0. The first-order valence-electron chi connectivity index (χ1n) is 8.52. The predicted octanol–water partition coefficient (Wildman–Crippen LogP) is 4.12. The second-order valence-corrected chi connectivity index (χ2v) is 7.50. The van der Waals surface area contributed by atoms with Gasteiger partial charge in [0.2, 0.25) is 0 Å². The number of anilines is 2. The number of hydrogen-bond donors (Lipinski definition) is 1. The van der Waals surface area contributed by atoms with Crippen LogP contribution in [0.15, 0.2) is 53.4 Å². The van der Waals surface area contributed by atoms with Gasteiger partial charge in [0.05, 0.1) is 12.0 Å². The van der Waals surface area contributed by atoms with Crippen LogP contribution in [-0.4, -0.2) is 28.6 Å². The molecule has 6 heteroatoms. The Labute approximate surface area is 150 Å². The quantitative estimate of drug-likeness (QED) is 0.729. The van der Waals surface area contributed by atoms with Gasteiger partial charge in [-0.25, -0.2) is 8.42 Å². The maximum Gasteiger partial charge on any atom is 0.261 e. The minimum Gasteiger partial charge on any atom is -0.497 e. The Morgan fingerprint density at radius 2 is 1.48 bits per heavy atom. The monoisotopic (exact) mass is 362 g/mol. The summed E-state index contributed by atoms with van der Waals surface area (Å²) in [6.45, 7) is 6.29. The zero-order valence-electron chi connectivity index (χ0n) is 15.0. The molecular formula is C19H26N2O3S. The average Bonchev–Trinajstić information content (AvgIpc) is 2.62. The number of methoxy groups -OCH3 is 1. The topological polar surface area (TPSA) is 58.6 Å². The first-order chi connectivity index (χ1) is 12.0. The summed E-state index contributed by atoms with van der Waals surface area (Å²) < 4.78 is 32.6. The molecule has 1 N–H and O–H groups in total. The van der Waals surface area contributed by atoms with E-state index < -0.39 is 10.0 Å². The molecule has 0 aromatic heterocycles. The van der Waals surface area contributed by atoms with E-state index in [1.54, 1.807) is 31.4 Å². The number of sulfonamides is 1. The lowest BCUT2D eigenvalue weighted by atomic mass is 10.2. The lowest BCUT2D eigenvalue weighted by Gasteiger charge is -2.24. The van der Waals surface area contributed by atoms with Gasteiger partial charge in [0.1, 0.15) is 5.75 Å². The minimum absolute atomic E-state index is 0.205. The smallest absolute Gasteiger partial charge is 0.261 e. The van der Waals surface area contributed by atoms with Crippen LogP contribution in [0.1, 0.15) is 26.7 Å². The van der Waals surface area contributed by atoms with Crippen LogP contribution in [0.3, 0.4) is 0 Å². The van der Waals surface area contributed by atoms with Crippen molar-refractivity contribution in [2.45, 2.75) is 31.6 Å². The molecule has 25 heavy (non-hydrogen) atoms. The van der Waals surface area contributed by atoms with Crippen LogP contribution in [0.5, 0.6) is 5.75 Å². The molecule has 2 aromatic rings. The Balaban J connectivity index is 2.13. The molecule has 0 atom stereocenters. The molecule has 2 rings (SSSR count). The van der Waals surface area contributed by atoms with E-state index in [0.29, 0.717) is 11.4 Å². The standard InChI is InChI=1S/C19H26N2O3S/c1-4-14-21(15-5-2)17-8-6-16(7-9-17)20-25(22,23)19-12-10-18(24-3)11-13-19/h6-13,20H,4-5,14-15H2,1-3H3. The van der Waals surface area contributed by atoms with Gasteiger partial charge in [0, 0.05) is 24.5 Å². The van der Waals surface area contributed by atoms with E-state index in [1.165, 1.54) is 12.1 Å². The lowest BCUT2D eigenvalue weighted by molar-refractivity contribution is 0.414. The normalized spacial score (nSPS) is 11.2. The molecule has 136 valence electrons. The van der Waals surface area contributed by atoms with Gasteiger partial charge < -0.3 is 9.64 Å². The van der Waals surface area contributed by atoms with Crippen LogP contribution >= 0.6 is 0 Å². The second-order valence-electron chi connectivity index (χ2n) is 5.81. The third-order valence-electron chi connectivity index (χ3n) is 3.84. The molecule has 2 aromatic carbocycles. The molecule has 0 amide bonds. The highest BCUT2D eigenvalue weighted by Gasteiger charge is 2.14. The number of benzene rings is 2. The largest absolute Gasteiger partial charge is 0.497 e. The van der Waals surface area contributed by atoms with Gasteiger partial charge in [-0.05, 0) is 61.4 Å².